The number of benzene rings is 1. The highest BCUT2D eigenvalue weighted by molar-refractivity contribution is 8.26. The molecular weight excluding hydrogens is 430 g/mol. The molecule has 6 nitrogen and oxygen atoms in total. The van der Waals surface area contributed by atoms with Crippen LogP contribution in [0, 0.1) is 6.92 Å². The zero-order valence-electron chi connectivity index (χ0n) is 17.9. The van der Waals surface area contributed by atoms with Gasteiger partial charge in [-0.3, -0.25) is 9.69 Å². The molecule has 31 heavy (non-hydrogen) atoms. The topological polar surface area (TPSA) is 54.9 Å². The third kappa shape index (κ3) is 4.92. The smallest absolute Gasteiger partial charge is 0.266 e. The fraction of sp³-hybridized carbons (Fsp3) is 0.435. The van der Waals surface area contributed by atoms with Crippen LogP contribution in [0.3, 0.4) is 0 Å². The fourth-order valence-corrected chi connectivity index (χ4v) is 5.09. The lowest BCUT2D eigenvalue weighted by Gasteiger charge is -2.29. The lowest BCUT2D eigenvalue weighted by atomic mass is 10.1. The van der Waals surface area contributed by atoms with Crippen molar-refractivity contribution in [3.8, 4) is 0 Å². The van der Waals surface area contributed by atoms with E-state index in [-0.39, 0.29) is 5.91 Å². The van der Waals surface area contributed by atoms with Gasteiger partial charge in [0.2, 0.25) is 0 Å². The standard InChI is InChI=1S/C23H27N3O3S2/c1-3-28-11-5-8-26-22(27)19(31-23(26)30)15-18-14-17-7-4-6-16(2)20(17)24-21(18)25-9-12-29-13-10-25/h4,6-7,14-15H,3,5,8-13H2,1-2H3/b19-15-. The maximum Gasteiger partial charge on any atom is 0.266 e. The number of aryl methyl sites for hydroxylation is 1. The molecule has 2 aliphatic heterocycles. The molecule has 1 aromatic carbocycles. The first-order chi connectivity index (χ1) is 15.1. The zero-order valence-corrected chi connectivity index (χ0v) is 19.6. The van der Waals surface area contributed by atoms with Crippen molar-refractivity contribution in [2.24, 2.45) is 0 Å². The van der Waals surface area contributed by atoms with E-state index in [9.17, 15) is 4.79 Å². The van der Waals surface area contributed by atoms with E-state index in [0.29, 0.717) is 42.2 Å². The van der Waals surface area contributed by atoms with E-state index in [1.54, 1.807) is 4.90 Å². The van der Waals surface area contributed by atoms with E-state index in [0.717, 1.165) is 47.4 Å². The van der Waals surface area contributed by atoms with Gasteiger partial charge in [0.15, 0.2) is 0 Å². The van der Waals surface area contributed by atoms with Crippen molar-refractivity contribution >= 4 is 57.0 Å². The number of carbonyl (C=O) groups is 1. The van der Waals surface area contributed by atoms with Crippen molar-refractivity contribution in [1.29, 1.82) is 0 Å². The molecule has 3 heterocycles. The van der Waals surface area contributed by atoms with Gasteiger partial charge in [-0.05, 0) is 38.0 Å². The van der Waals surface area contributed by atoms with E-state index >= 15 is 0 Å². The second kappa shape index (κ2) is 10.1. The van der Waals surface area contributed by atoms with E-state index < -0.39 is 0 Å². The molecule has 0 saturated carbocycles. The molecule has 1 aromatic heterocycles. The molecule has 1 amide bonds. The van der Waals surface area contributed by atoms with E-state index in [1.807, 2.05) is 19.1 Å². The van der Waals surface area contributed by atoms with Crippen LogP contribution >= 0.6 is 24.0 Å². The van der Waals surface area contributed by atoms with Crippen LogP contribution in [-0.4, -0.2) is 66.2 Å². The van der Waals surface area contributed by atoms with Gasteiger partial charge in [-0.15, -0.1) is 0 Å². The number of hydrogen-bond donors (Lipinski definition) is 0. The van der Waals surface area contributed by atoms with Crippen LogP contribution in [0.4, 0.5) is 5.82 Å². The Kier molecular flexibility index (Phi) is 7.22. The molecule has 2 saturated heterocycles. The number of hydrogen-bond acceptors (Lipinski definition) is 7. The number of pyridine rings is 1. The summed E-state index contributed by atoms with van der Waals surface area (Å²) in [6.07, 6.45) is 2.71. The first-order valence-corrected chi connectivity index (χ1v) is 11.9. The van der Waals surface area contributed by atoms with Gasteiger partial charge in [0, 0.05) is 43.8 Å². The molecule has 164 valence electrons. The maximum atomic E-state index is 13.0. The van der Waals surface area contributed by atoms with Gasteiger partial charge in [0.1, 0.15) is 10.1 Å². The van der Waals surface area contributed by atoms with Gasteiger partial charge >= 0.3 is 0 Å². The van der Waals surface area contributed by atoms with Gasteiger partial charge in [-0.25, -0.2) is 4.98 Å². The molecular formula is C23H27N3O3S2. The predicted molar refractivity (Wildman–Crippen MR) is 131 cm³/mol. The highest BCUT2D eigenvalue weighted by atomic mass is 32.2. The summed E-state index contributed by atoms with van der Waals surface area (Å²) >= 11 is 6.85. The Balaban J connectivity index is 1.67. The summed E-state index contributed by atoms with van der Waals surface area (Å²) in [6.45, 7) is 8.84. The lowest BCUT2D eigenvalue weighted by Crippen LogP contribution is -2.37. The Hall–Kier alpha value is -2.00. The Labute approximate surface area is 192 Å². The quantitative estimate of drug-likeness (QED) is 0.354. The number of aromatic nitrogens is 1. The summed E-state index contributed by atoms with van der Waals surface area (Å²) in [5.74, 6) is 0.857. The van der Waals surface area contributed by atoms with Crippen LogP contribution in [0.15, 0.2) is 29.2 Å². The van der Waals surface area contributed by atoms with E-state index in [1.165, 1.54) is 11.8 Å². The first kappa shape index (κ1) is 22.2. The summed E-state index contributed by atoms with van der Waals surface area (Å²) in [7, 11) is 0. The van der Waals surface area contributed by atoms with Crippen molar-refractivity contribution in [3.05, 3.63) is 40.3 Å². The summed E-state index contributed by atoms with van der Waals surface area (Å²) in [5.41, 5.74) is 3.07. The van der Waals surface area contributed by atoms with Gasteiger partial charge in [0.25, 0.3) is 5.91 Å². The number of thiocarbonyl (C=S) groups is 1. The number of thioether (sulfide) groups is 1. The van der Waals surface area contributed by atoms with Crippen molar-refractivity contribution in [2.45, 2.75) is 20.3 Å². The largest absolute Gasteiger partial charge is 0.382 e. The Morgan fingerprint density at radius 1 is 1.32 bits per heavy atom. The monoisotopic (exact) mass is 457 g/mol. The highest BCUT2D eigenvalue weighted by Gasteiger charge is 2.32. The second-order valence-electron chi connectivity index (χ2n) is 7.53. The molecule has 0 N–H and O–H groups in total. The van der Waals surface area contributed by atoms with Crippen LogP contribution in [-0.2, 0) is 14.3 Å². The van der Waals surface area contributed by atoms with Crippen molar-refractivity contribution < 1.29 is 14.3 Å². The summed E-state index contributed by atoms with van der Waals surface area (Å²) in [4.78, 5) is 22.6. The molecule has 0 bridgehead atoms. The van der Waals surface area contributed by atoms with Crippen LogP contribution in [0.1, 0.15) is 24.5 Å². The van der Waals surface area contributed by atoms with Crippen molar-refractivity contribution in [1.82, 2.24) is 9.88 Å². The number of nitrogens with zero attached hydrogens (tertiary/aromatic N) is 3. The number of carbonyl (C=O) groups excluding carboxylic acids is 1. The molecule has 2 aromatic rings. The molecule has 0 aliphatic carbocycles. The number of morpholine rings is 1. The number of rotatable bonds is 7. The third-order valence-electron chi connectivity index (χ3n) is 5.40. The molecule has 2 aliphatic rings. The number of fused-ring (bicyclic) bond motifs is 1. The van der Waals surface area contributed by atoms with Crippen molar-refractivity contribution in [2.75, 3.05) is 51.0 Å². The Morgan fingerprint density at radius 3 is 2.90 bits per heavy atom. The fourth-order valence-electron chi connectivity index (χ4n) is 3.79. The molecule has 2 fully saturated rings. The highest BCUT2D eigenvalue weighted by Crippen LogP contribution is 2.35. The SMILES string of the molecule is CCOCCCN1C(=O)/C(=C/c2cc3cccc(C)c3nc2N2CCOCC2)SC1=S. The second-order valence-corrected chi connectivity index (χ2v) is 9.21. The average molecular weight is 458 g/mol. The van der Waals surface area contributed by atoms with Crippen LogP contribution < -0.4 is 4.90 Å². The number of para-hydroxylation sites is 1. The molecule has 8 heteroatoms. The minimum atomic E-state index is -0.0382. The van der Waals surface area contributed by atoms with Gasteiger partial charge in [0.05, 0.1) is 23.6 Å². The molecule has 0 atom stereocenters. The minimum absolute atomic E-state index is 0.0382. The predicted octanol–water partition coefficient (Wildman–Crippen LogP) is 4.01. The van der Waals surface area contributed by atoms with Crippen LogP contribution in [0.25, 0.3) is 17.0 Å². The lowest BCUT2D eigenvalue weighted by molar-refractivity contribution is -0.122. The molecule has 0 spiro atoms. The Morgan fingerprint density at radius 2 is 2.13 bits per heavy atom. The van der Waals surface area contributed by atoms with Gasteiger partial charge in [-0.1, -0.05) is 42.2 Å². The van der Waals surface area contributed by atoms with Crippen LogP contribution in [0.2, 0.25) is 0 Å². The summed E-state index contributed by atoms with van der Waals surface area (Å²) in [6, 6.07) is 8.30. The number of amides is 1. The van der Waals surface area contributed by atoms with Gasteiger partial charge < -0.3 is 14.4 Å². The summed E-state index contributed by atoms with van der Waals surface area (Å²) < 4.78 is 11.5. The maximum absolute atomic E-state index is 13.0. The Bertz CT molecular complexity index is 1020. The van der Waals surface area contributed by atoms with E-state index in [2.05, 4.69) is 30.0 Å². The molecule has 4 rings (SSSR count). The van der Waals surface area contributed by atoms with E-state index in [4.69, 9.17) is 26.7 Å². The van der Waals surface area contributed by atoms with Gasteiger partial charge in [-0.2, -0.15) is 0 Å². The molecule has 0 radical (unpaired) electrons. The molecule has 0 unspecified atom stereocenters. The van der Waals surface area contributed by atoms with Crippen LogP contribution in [0.5, 0.6) is 0 Å². The summed E-state index contributed by atoms with van der Waals surface area (Å²) in [5, 5.41) is 1.07. The number of ether oxygens (including phenoxy) is 2. The minimum Gasteiger partial charge on any atom is -0.382 e. The zero-order chi connectivity index (χ0) is 21.8. The third-order valence-corrected chi connectivity index (χ3v) is 6.78. The van der Waals surface area contributed by atoms with Crippen molar-refractivity contribution in [3.63, 3.8) is 0 Å². The normalized spacial score (nSPS) is 18.6. The first-order valence-electron chi connectivity index (χ1n) is 10.6. The number of anilines is 1. The average Bonchev–Trinajstić information content (AvgIpc) is 3.04.